The maximum Gasteiger partial charge on any atom is 0.225 e. The monoisotopic (exact) mass is 486 g/mol. The lowest BCUT2D eigenvalue weighted by atomic mass is 10.1. The summed E-state index contributed by atoms with van der Waals surface area (Å²) in [6.45, 7) is 8.01. The third kappa shape index (κ3) is 6.28. The Labute approximate surface area is 211 Å². The summed E-state index contributed by atoms with van der Waals surface area (Å²) in [5.74, 6) is 3.39. The number of aromatic nitrogens is 5. The van der Waals surface area contributed by atoms with E-state index in [1.807, 2.05) is 42.5 Å². The molecule has 188 valence electrons. The first-order valence-corrected chi connectivity index (χ1v) is 12.9. The van der Waals surface area contributed by atoms with Crippen molar-refractivity contribution in [1.82, 2.24) is 30.2 Å². The van der Waals surface area contributed by atoms with Crippen molar-refractivity contribution in [3.8, 4) is 11.3 Å². The van der Waals surface area contributed by atoms with E-state index in [4.69, 9.17) is 14.5 Å². The highest BCUT2D eigenvalue weighted by molar-refractivity contribution is 5.58. The van der Waals surface area contributed by atoms with Crippen molar-refractivity contribution >= 4 is 17.6 Å². The van der Waals surface area contributed by atoms with Crippen LogP contribution in [0.4, 0.5) is 17.6 Å². The molecule has 9 nitrogen and oxygen atoms in total. The molecule has 1 fully saturated rings. The van der Waals surface area contributed by atoms with E-state index in [1.54, 1.807) is 0 Å². The third-order valence-corrected chi connectivity index (χ3v) is 6.50. The first kappa shape index (κ1) is 24.0. The van der Waals surface area contributed by atoms with Crippen LogP contribution in [0.1, 0.15) is 56.2 Å². The Balaban J connectivity index is 1.28. The fraction of sp³-hybridized carbons (Fsp3) is 0.407. The molecule has 1 aliphatic carbocycles. The Morgan fingerprint density at radius 1 is 1.03 bits per heavy atom. The van der Waals surface area contributed by atoms with Crippen LogP contribution in [0.25, 0.3) is 11.3 Å². The molecule has 0 amide bonds. The number of hydrogen-bond donors (Lipinski definition) is 3. The lowest BCUT2D eigenvalue weighted by Gasteiger charge is -2.17. The van der Waals surface area contributed by atoms with Crippen molar-refractivity contribution in [2.24, 2.45) is 0 Å². The van der Waals surface area contributed by atoms with Gasteiger partial charge < -0.3 is 20.1 Å². The smallest absolute Gasteiger partial charge is 0.225 e. The fourth-order valence-corrected chi connectivity index (χ4v) is 4.24. The van der Waals surface area contributed by atoms with E-state index in [-0.39, 0.29) is 0 Å². The van der Waals surface area contributed by atoms with Crippen LogP contribution in [0.3, 0.4) is 0 Å². The minimum absolute atomic E-state index is 0.441. The Bertz CT molecular complexity index is 1240. The van der Waals surface area contributed by atoms with Crippen LogP contribution in [-0.2, 0) is 13.0 Å². The summed E-state index contributed by atoms with van der Waals surface area (Å²) in [6, 6.07) is 16.0. The molecule has 3 aromatic heterocycles. The van der Waals surface area contributed by atoms with Crippen molar-refractivity contribution in [2.75, 3.05) is 30.3 Å². The van der Waals surface area contributed by atoms with Gasteiger partial charge in [0.2, 0.25) is 5.95 Å². The molecule has 0 bridgehead atoms. The summed E-state index contributed by atoms with van der Waals surface area (Å²) in [4.78, 5) is 11.9. The zero-order chi connectivity index (χ0) is 24.7. The summed E-state index contributed by atoms with van der Waals surface area (Å²) in [5.41, 5.74) is 4.01. The molecule has 1 saturated carbocycles. The van der Waals surface area contributed by atoms with Crippen molar-refractivity contribution < 1.29 is 4.52 Å². The molecule has 5 rings (SSSR count). The zero-order valence-electron chi connectivity index (χ0n) is 21.0. The van der Waals surface area contributed by atoms with E-state index in [2.05, 4.69) is 50.8 Å². The van der Waals surface area contributed by atoms with Gasteiger partial charge in [0.05, 0.1) is 6.54 Å². The molecule has 1 aliphatic rings. The van der Waals surface area contributed by atoms with Crippen molar-refractivity contribution in [3.63, 3.8) is 0 Å². The maximum absolute atomic E-state index is 5.54. The molecular formula is C27H34N8O. The Morgan fingerprint density at radius 2 is 1.86 bits per heavy atom. The largest absolute Gasteiger partial charge is 0.359 e. The average molecular weight is 487 g/mol. The summed E-state index contributed by atoms with van der Waals surface area (Å²) in [6.07, 6.45) is 4.37. The molecule has 3 heterocycles. The van der Waals surface area contributed by atoms with Gasteiger partial charge in [-0.3, -0.25) is 5.10 Å². The third-order valence-electron chi connectivity index (χ3n) is 6.50. The van der Waals surface area contributed by atoms with Gasteiger partial charge in [-0.1, -0.05) is 49.3 Å². The van der Waals surface area contributed by atoms with Gasteiger partial charge in [-0.25, -0.2) is 4.98 Å². The van der Waals surface area contributed by atoms with E-state index >= 15 is 0 Å². The normalized spacial score (nSPS) is 13.3. The van der Waals surface area contributed by atoms with E-state index in [0.29, 0.717) is 18.4 Å². The van der Waals surface area contributed by atoms with E-state index in [0.717, 1.165) is 66.8 Å². The van der Waals surface area contributed by atoms with Crippen LogP contribution in [0.2, 0.25) is 0 Å². The van der Waals surface area contributed by atoms with E-state index < -0.39 is 0 Å². The van der Waals surface area contributed by atoms with Crippen LogP contribution in [0, 0.1) is 0 Å². The molecule has 1 aromatic carbocycles. The number of H-pyrrole nitrogens is 1. The Kier molecular flexibility index (Phi) is 7.56. The van der Waals surface area contributed by atoms with Gasteiger partial charge >= 0.3 is 0 Å². The lowest BCUT2D eigenvalue weighted by Crippen LogP contribution is -2.24. The molecular weight excluding hydrogens is 452 g/mol. The summed E-state index contributed by atoms with van der Waals surface area (Å²) < 4.78 is 5.54. The summed E-state index contributed by atoms with van der Waals surface area (Å²) >= 11 is 0. The average Bonchev–Trinajstić information content (AvgIpc) is 3.46. The topological polar surface area (TPSA) is 108 Å². The minimum Gasteiger partial charge on any atom is -0.359 e. The molecule has 0 saturated heterocycles. The van der Waals surface area contributed by atoms with Gasteiger partial charge in [0, 0.05) is 41.1 Å². The highest BCUT2D eigenvalue weighted by Gasteiger charge is 2.25. The summed E-state index contributed by atoms with van der Waals surface area (Å²) in [5, 5.41) is 18.4. The number of nitrogens with one attached hydrogen (secondary N) is 3. The first-order valence-electron chi connectivity index (χ1n) is 12.9. The highest BCUT2D eigenvalue weighted by atomic mass is 16.5. The van der Waals surface area contributed by atoms with Crippen LogP contribution >= 0.6 is 0 Å². The number of benzene rings is 1. The van der Waals surface area contributed by atoms with Gasteiger partial charge in [0.25, 0.3) is 0 Å². The molecule has 0 aliphatic heterocycles. The number of nitrogens with zero attached hydrogens (tertiary/aromatic N) is 5. The van der Waals surface area contributed by atoms with E-state index in [9.17, 15) is 0 Å². The molecule has 36 heavy (non-hydrogen) atoms. The van der Waals surface area contributed by atoms with Crippen molar-refractivity contribution in [3.05, 3.63) is 65.7 Å². The molecule has 0 radical (unpaired) electrons. The second-order valence-corrected chi connectivity index (χ2v) is 9.20. The molecule has 9 heteroatoms. The van der Waals surface area contributed by atoms with E-state index in [1.165, 1.54) is 18.5 Å². The van der Waals surface area contributed by atoms with Gasteiger partial charge in [0.1, 0.15) is 11.5 Å². The van der Waals surface area contributed by atoms with Gasteiger partial charge in [-0.15, -0.1) is 0 Å². The second-order valence-electron chi connectivity index (χ2n) is 9.20. The van der Waals surface area contributed by atoms with Crippen molar-refractivity contribution in [1.29, 1.82) is 0 Å². The number of anilines is 3. The van der Waals surface area contributed by atoms with Crippen LogP contribution in [0.5, 0.6) is 0 Å². The molecule has 0 unspecified atom stereocenters. The lowest BCUT2D eigenvalue weighted by molar-refractivity contribution is 0.299. The highest BCUT2D eigenvalue weighted by Crippen LogP contribution is 2.39. The first-order chi connectivity index (χ1) is 17.7. The van der Waals surface area contributed by atoms with Crippen LogP contribution < -0.4 is 10.6 Å². The van der Waals surface area contributed by atoms with Gasteiger partial charge in [-0.05, 0) is 45.3 Å². The van der Waals surface area contributed by atoms with Crippen LogP contribution in [-0.4, -0.2) is 49.9 Å². The number of aromatic amines is 1. The number of rotatable bonds is 13. The van der Waals surface area contributed by atoms with Gasteiger partial charge in [-0.2, -0.15) is 10.1 Å². The Hall–Kier alpha value is -3.72. The predicted octanol–water partition coefficient (Wildman–Crippen LogP) is 5.36. The van der Waals surface area contributed by atoms with Crippen LogP contribution in [0.15, 0.2) is 53.1 Å². The Morgan fingerprint density at radius 3 is 2.64 bits per heavy atom. The SMILES string of the molecule is CCN(CC)CCCc1cc(Nc2cc(C3CC3)[nH]n2)nc(NCc2cc(-c3ccccc3)no2)n1. The summed E-state index contributed by atoms with van der Waals surface area (Å²) in [7, 11) is 0. The number of aryl methyl sites for hydroxylation is 1. The second kappa shape index (κ2) is 11.3. The van der Waals surface area contributed by atoms with Gasteiger partial charge in [0.15, 0.2) is 11.6 Å². The standard InChI is InChI=1S/C27H34N8O/c1-3-35(4-2)14-8-11-21-15-25(30-26-17-23(32-33-26)20-12-13-20)31-27(29-21)28-18-22-16-24(34-36-22)19-9-6-5-7-10-19/h5-7,9-10,15-17,20H,3-4,8,11-14,18H2,1-2H3,(H3,28,29,30,31,32,33). The quantitative estimate of drug-likeness (QED) is 0.232. The predicted molar refractivity (Wildman–Crippen MR) is 141 cm³/mol. The number of hydrogen-bond acceptors (Lipinski definition) is 8. The maximum atomic E-state index is 5.54. The molecule has 3 N–H and O–H groups in total. The van der Waals surface area contributed by atoms with Crippen molar-refractivity contribution in [2.45, 2.75) is 52.0 Å². The zero-order valence-corrected chi connectivity index (χ0v) is 21.0. The molecule has 0 atom stereocenters. The minimum atomic E-state index is 0.441. The fourth-order valence-electron chi connectivity index (χ4n) is 4.24. The molecule has 0 spiro atoms. The molecule has 4 aromatic rings.